The molecule has 1 fully saturated rings. The molecule has 3 rings (SSSR count). The molecule has 2 aromatic carbocycles. The van der Waals surface area contributed by atoms with E-state index in [1.807, 2.05) is 37.3 Å². The third-order valence-corrected chi connectivity index (χ3v) is 7.04. The number of halogens is 1. The first-order chi connectivity index (χ1) is 13.4. The molecule has 1 N–H and O–H groups in total. The number of benzene rings is 2. The van der Waals surface area contributed by atoms with Crippen LogP contribution in [-0.2, 0) is 16.4 Å². The summed E-state index contributed by atoms with van der Waals surface area (Å²) in [5, 5.41) is 3.63. The van der Waals surface area contributed by atoms with Crippen LogP contribution in [0.2, 0.25) is 5.02 Å². The summed E-state index contributed by atoms with van der Waals surface area (Å²) in [6.45, 7) is 2.88. The number of nitrogens with zero attached hydrogens (tertiary/aromatic N) is 1. The van der Waals surface area contributed by atoms with E-state index in [1.54, 1.807) is 12.1 Å². The van der Waals surface area contributed by atoms with Gasteiger partial charge >= 0.3 is 0 Å². The van der Waals surface area contributed by atoms with Crippen molar-refractivity contribution in [3.8, 4) is 0 Å². The predicted molar refractivity (Wildman–Crippen MR) is 114 cm³/mol. The molecule has 0 unspecified atom stereocenters. The highest BCUT2D eigenvalue weighted by Crippen LogP contribution is 2.28. The van der Waals surface area contributed by atoms with E-state index in [9.17, 15) is 13.2 Å². The van der Waals surface area contributed by atoms with E-state index in [1.165, 1.54) is 9.87 Å². The van der Waals surface area contributed by atoms with Gasteiger partial charge in [0, 0.05) is 23.7 Å². The lowest BCUT2D eigenvalue weighted by molar-refractivity contribution is 0.0953. The lowest BCUT2D eigenvalue weighted by Gasteiger charge is -2.29. The van der Waals surface area contributed by atoms with Crippen molar-refractivity contribution in [2.45, 2.75) is 32.6 Å². The van der Waals surface area contributed by atoms with Crippen LogP contribution in [-0.4, -0.2) is 33.2 Å². The molecule has 1 aliphatic heterocycles. The van der Waals surface area contributed by atoms with Crippen LogP contribution in [0.15, 0.2) is 42.5 Å². The zero-order valence-corrected chi connectivity index (χ0v) is 17.5. The summed E-state index contributed by atoms with van der Waals surface area (Å²) in [4.78, 5) is 12.5. The standard InChI is InChI=1S/C21H25ClN2O3S/c1-16-6-9-18(15-20(16)24-13-2-3-14-28(24,26)27)21(25)23-12-4-5-17-7-10-19(22)11-8-17/h6-11,15H,2-5,12-14H2,1H3,(H,23,25). The summed E-state index contributed by atoms with van der Waals surface area (Å²) in [6.07, 6.45) is 3.18. The number of hydrogen-bond acceptors (Lipinski definition) is 3. The lowest BCUT2D eigenvalue weighted by atomic mass is 10.1. The Morgan fingerprint density at radius 1 is 1.14 bits per heavy atom. The monoisotopic (exact) mass is 420 g/mol. The molecule has 1 aliphatic rings. The zero-order valence-electron chi connectivity index (χ0n) is 15.9. The molecule has 2 aromatic rings. The van der Waals surface area contributed by atoms with E-state index >= 15 is 0 Å². The molecule has 0 aromatic heterocycles. The normalized spacial score (nSPS) is 16.0. The van der Waals surface area contributed by atoms with Crippen molar-refractivity contribution in [2.24, 2.45) is 0 Å². The Hall–Kier alpha value is -2.05. The first kappa shape index (κ1) is 20.7. The van der Waals surface area contributed by atoms with Gasteiger partial charge in [-0.25, -0.2) is 8.42 Å². The largest absolute Gasteiger partial charge is 0.352 e. The highest BCUT2D eigenvalue weighted by Gasteiger charge is 2.27. The maximum Gasteiger partial charge on any atom is 0.251 e. The summed E-state index contributed by atoms with van der Waals surface area (Å²) in [5.41, 5.74) is 3.11. The molecule has 0 radical (unpaired) electrons. The number of carbonyl (C=O) groups excluding carboxylic acids is 1. The maximum absolute atomic E-state index is 12.5. The second-order valence-electron chi connectivity index (χ2n) is 7.08. The smallest absolute Gasteiger partial charge is 0.251 e. The summed E-state index contributed by atoms with van der Waals surface area (Å²) in [5.74, 6) is -0.0279. The van der Waals surface area contributed by atoms with Crippen molar-refractivity contribution in [3.05, 3.63) is 64.2 Å². The maximum atomic E-state index is 12.5. The summed E-state index contributed by atoms with van der Waals surface area (Å²) in [6, 6.07) is 12.9. The number of carbonyl (C=O) groups is 1. The van der Waals surface area contributed by atoms with Gasteiger partial charge in [0.05, 0.1) is 11.4 Å². The van der Waals surface area contributed by atoms with E-state index in [4.69, 9.17) is 11.6 Å². The number of rotatable bonds is 6. The molecule has 5 nitrogen and oxygen atoms in total. The first-order valence-corrected chi connectivity index (χ1v) is 11.5. The van der Waals surface area contributed by atoms with Gasteiger partial charge in [0.15, 0.2) is 0 Å². The fourth-order valence-electron chi connectivity index (χ4n) is 3.33. The summed E-state index contributed by atoms with van der Waals surface area (Å²) in [7, 11) is -3.30. The van der Waals surface area contributed by atoms with Crippen LogP contribution in [0.1, 0.15) is 40.7 Å². The first-order valence-electron chi connectivity index (χ1n) is 9.50. The second kappa shape index (κ2) is 8.97. The van der Waals surface area contributed by atoms with Gasteiger partial charge < -0.3 is 5.32 Å². The fourth-order valence-corrected chi connectivity index (χ4v) is 5.15. The number of hydrogen-bond donors (Lipinski definition) is 1. The highest BCUT2D eigenvalue weighted by atomic mass is 35.5. The van der Waals surface area contributed by atoms with E-state index < -0.39 is 10.0 Å². The molecular weight excluding hydrogens is 396 g/mol. The fraction of sp³-hybridized carbons (Fsp3) is 0.381. The van der Waals surface area contributed by atoms with Gasteiger partial charge in [0.25, 0.3) is 5.91 Å². The summed E-state index contributed by atoms with van der Waals surface area (Å²) >= 11 is 5.88. The highest BCUT2D eigenvalue weighted by molar-refractivity contribution is 7.92. The molecule has 0 aliphatic carbocycles. The Morgan fingerprint density at radius 2 is 1.89 bits per heavy atom. The Labute approximate surface area is 171 Å². The minimum atomic E-state index is -3.30. The van der Waals surface area contributed by atoms with Crippen LogP contribution in [0, 0.1) is 6.92 Å². The van der Waals surface area contributed by atoms with Gasteiger partial charge in [0.2, 0.25) is 10.0 Å². The SMILES string of the molecule is Cc1ccc(C(=O)NCCCc2ccc(Cl)cc2)cc1N1CCCCS1(=O)=O. The van der Waals surface area contributed by atoms with Gasteiger partial charge in [-0.3, -0.25) is 9.10 Å². The molecule has 0 saturated carbocycles. The van der Waals surface area contributed by atoms with Crippen LogP contribution in [0.3, 0.4) is 0 Å². The second-order valence-corrected chi connectivity index (χ2v) is 9.53. The van der Waals surface area contributed by atoms with Crippen LogP contribution in [0.25, 0.3) is 0 Å². The number of anilines is 1. The molecule has 1 saturated heterocycles. The van der Waals surface area contributed by atoms with Crippen molar-refractivity contribution in [1.29, 1.82) is 0 Å². The van der Waals surface area contributed by atoms with Crippen molar-refractivity contribution < 1.29 is 13.2 Å². The number of aryl methyl sites for hydroxylation is 2. The molecule has 1 amide bonds. The van der Waals surface area contributed by atoms with E-state index in [2.05, 4.69) is 5.32 Å². The van der Waals surface area contributed by atoms with Crippen LogP contribution < -0.4 is 9.62 Å². The predicted octanol–water partition coefficient (Wildman–Crippen LogP) is 3.94. The molecule has 150 valence electrons. The van der Waals surface area contributed by atoms with Crippen LogP contribution in [0.4, 0.5) is 5.69 Å². The minimum Gasteiger partial charge on any atom is -0.352 e. The third-order valence-electron chi connectivity index (χ3n) is 4.93. The Kier molecular flexibility index (Phi) is 6.62. The van der Waals surface area contributed by atoms with Gasteiger partial charge in [-0.15, -0.1) is 0 Å². The van der Waals surface area contributed by atoms with Crippen molar-refractivity contribution >= 4 is 33.2 Å². The van der Waals surface area contributed by atoms with Crippen molar-refractivity contribution in [1.82, 2.24) is 5.32 Å². The lowest BCUT2D eigenvalue weighted by Crippen LogP contribution is -2.38. The molecule has 0 atom stereocenters. The van der Waals surface area contributed by atoms with Gasteiger partial charge in [-0.2, -0.15) is 0 Å². The van der Waals surface area contributed by atoms with Gasteiger partial charge in [0.1, 0.15) is 0 Å². The van der Waals surface area contributed by atoms with Crippen molar-refractivity contribution in [3.63, 3.8) is 0 Å². The minimum absolute atomic E-state index is 0.160. The molecule has 0 spiro atoms. The van der Waals surface area contributed by atoms with Crippen LogP contribution >= 0.6 is 11.6 Å². The topological polar surface area (TPSA) is 66.5 Å². The average Bonchev–Trinajstić information content (AvgIpc) is 2.67. The van der Waals surface area contributed by atoms with E-state index in [0.29, 0.717) is 35.8 Å². The van der Waals surface area contributed by atoms with E-state index in [-0.39, 0.29) is 11.7 Å². The molecule has 28 heavy (non-hydrogen) atoms. The molecule has 7 heteroatoms. The zero-order chi connectivity index (χ0) is 20.1. The summed E-state index contributed by atoms with van der Waals surface area (Å²) < 4.78 is 26.2. The quantitative estimate of drug-likeness (QED) is 0.719. The van der Waals surface area contributed by atoms with Crippen molar-refractivity contribution in [2.75, 3.05) is 23.1 Å². The van der Waals surface area contributed by atoms with Gasteiger partial charge in [-0.05, 0) is 68.0 Å². The Morgan fingerprint density at radius 3 is 2.61 bits per heavy atom. The molecule has 0 bridgehead atoms. The Bertz CT molecular complexity index is 943. The molecule has 1 heterocycles. The average molecular weight is 421 g/mol. The molecular formula is C21H25ClN2O3S. The Balaban J connectivity index is 1.61. The van der Waals surface area contributed by atoms with Gasteiger partial charge in [-0.1, -0.05) is 29.8 Å². The number of nitrogens with one attached hydrogen (secondary N) is 1. The number of sulfonamides is 1. The number of amides is 1. The van der Waals surface area contributed by atoms with E-state index in [0.717, 1.165) is 24.8 Å². The van der Waals surface area contributed by atoms with Crippen LogP contribution in [0.5, 0.6) is 0 Å². The third kappa shape index (κ3) is 5.06.